The van der Waals surface area contributed by atoms with Gasteiger partial charge in [0.1, 0.15) is 0 Å². The van der Waals surface area contributed by atoms with Crippen molar-refractivity contribution in [2.45, 2.75) is 4.90 Å². The van der Waals surface area contributed by atoms with E-state index in [4.69, 9.17) is 5.14 Å². The van der Waals surface area contributed by atoms with Gasteiger partial charge in [0.2, 0.25) is 10.0 Å². The zero-order valence-corrected chi connectivity index (χ0v) is 15.0. The van der Waals surface area contributed by atoms with Gasteiger partial charge in [-0.05, 0) is 82.1 Å². The van der Waals surface area contributed by atoms with Gasteiger partial charge in [-0.1, -0.05) is 0 Å². The molecule has 2 saturated carbocycles. The normalized spacial score (nSPS) is 17.2. The number of hydrogen-bond donors (Lipinski definition) is 3. The van der Waals surface area contributed by atoms with Crippen LogP contribution >= 0.6 is 0 Å². The van der Waals surface area contributed by atoms with Crippen LogP contribution in [0.15, 0.2) is 29.2 Å². The molecule has 3 rings (SSSR count). The minimum atomic E-state index is -3.72. The molecule has 0 unspecified atom stereocenters. The van der Waals surface area contributed by atoms with Crippen molar-refractivity contribution in [2.24, 2.45) is 5.14 Å². The summed E-state index contributed by atoms with van der Waals surface area (Å²) in [4.78, 5) is 11.6. The van der Waals surface area contributed by atoms with E-state index in [1.165, 1.54) is 24.3 Å². The second-order valence-electron chi connectivity index (χ2n) is 4.78. The third-order valence-corrected chi connectivity index (χ3v) is 3.85. The molecule has 0 heterocycles. The standard InChI is InChI=1S/C12H12N3O3S.C5H5.Fe/c13-19(17,18)11-7-5-10(6-8-11)15-12(16)14-9-3-1-2-4-9;1-2-4-5-3-1;/h1-8H,(H2,13,17,18)(H2,14,15,16);1-5H;/q;;+2. The van der Waals surface area contributed by atoms with E-state index in [1.54, 1.807) is 25.7 Å². The van der Waals surface area contributed by atoms with Gasteiger partial charge < -0.3 is 10.6 Å². The number of carbonyl (C=O) groups is 1. The molecule has 1 aromatic rings. The molecule has 2 aliphatic rings. The quantitative estimate of drug-likeness (QED) is 0.676. The summed E-state index contributed by atoms with van der Waals surface area (Å²) in [5.74, 6) is 0. The van der Waals surface area contributed by atoms with E-state index in [0.717, 1.165) is 0 Å². The number of nitrogens with two attached hydrogens (primary N) is 1. The summed E-state index contributed by atoms with van der Waals surface area (Å²) in [6.45, 7) is 0. The molecule has 2 amide bonds. The van der Waals surface area contributed by atoms with Gasteiger partial charge in [-0.2, -0.15) is 0 Å². The molecule has 2 aliphatic carbocycles. The Morgan fingerprint density at radius 1 is 0.800 bits per heavy atom. The molecule has 0 aromatic heterocycles. The predicted molar refractivity (Wildman–Crippen MR) is 91.9 cm³/mol. The van der Waals surface area contributed by atoms with Crippen LogP contribution in [0.4, 0.5) is 10.5 Å². The topological polar surface area (TPSA) is 101 Å². The number of urea groups is 1. The van der Waals surface area contributed by atoms with Crippen LogP contribution in [0.25, 0.3) is 0 Å². The Morgan fingerprint density at radius 3 is 1.72 bits per heavy atom. The minimum absolute atomic E-state index is 0. The predicted octanol–water partition coefficient (Wildman–Crippen LogP) is 1.84. The van der Waals surface area contributed by atoms with Crippen molar-refractivity contribution in [1.29, 1.82) is 0 Å². The summed E-state index contributed by atoms with van der Waals surface area (Å²) in [5, 5.41) is 10.2. The molecular weight excluding hydrogens is 382 g/mol. The summed E-state index contributed by atoms with van der Waals surface area (Å²) in [6.07, 6.45) is 17.1. The van der Waals surface area contributed by atoms with E-state index in [2.05, 4.69) is 10.6 Å². The van der Waals surface area contributed by atoms with E-state index in [9.17, 15) is 13.2 Å². The van der Waals surface area contributed by atoms with E-state index in [1.807, 2.05) is 32.1 Å². The number of benzene rings is 1. The number of carbonyl (C=O) groups excluding carboxylic acids is 1. The van der Waals surface area contributed by atoms with Gasteiger partial charge in [0.25, 0.3) is 0 Å². The Kier molecular flexibility index (Phi) is 9.49. The summed E-state index contributed by atoms with van der Waals surface area (Å²) < 4.78 is 22.1. The summed E-state index contributed by atoms with van der Waals surface area (Å²) >= 11 is 0. The monoisotopic (exact) mass is 399 g/mol. The number of hydrogen-bond acceptors (Lipinski definition) is 3. The zero-order chi connectivity index (χ0) is 17.4. The van der Waals surface area contributed by atoms with E-state index < -0.39 is 16.1 Å². The van der Waals surface area contributed by atoms with Gasteiger partial charge in [-0.15, -0.1) is 0 Å². The molecule has 0 bridgehead atoms. The molecule has 6 nitrogen and oxygen atoms in total. The van der Waals surface area contributed by atoms with Crippen molar-refractivity contribution in [3.63, 3.8) is 0 Å². The summed E-state index contributed by atoms with van der Waals surface area (Å²) in [7, 11) is -3.72. The average molecular weight is 399 g/mol. The van der Waals surface area contributed by atoms with Gasteiger partial charge >= 0.3 is 23.1 Å². The van der Waals surface area contributed by atoms with Crippen molar-refractivity contribution in [3.05, 3.63) is 88.1 Å². The number of sulfonamides is 1. The average Bonchev–Trinajstić information content (AvgIpc) is 3.23. The van der Waals surface area contributed by atoms with Gasteiger partial charge in [-0.25, -0.2) is 18.4 Å². The second kappa shape index (κ2) is 10.8. The number of amides is 2. The fourth-order valence-electron chi connectivity index (χ4n) is 1.80. The van der Waals surface area contributed by atoms with Crippen molar-refractivity contribution in [2.75, 3.05) is 5.32 Å². The third kappa shape index (κ3) is 8.23. The molecular formula is C17H17FeN3O3S+2. The van der Waals surface area contributed by atoms with Crippen LogP contribution in [0, 0.1) is 63.8 Å². The molecule has 0 saturated heterocycles. The van der Waals surface area contributed by atoms with Crippen LogP contribution in [0.2, 0.25) is 0 Å². The fraction of sp³-hybridized carbons (Fsp3) is 0. The van der Waals surface area contributed by atoms with Gasteiger partial charge in [0, 0.05) is 5.69 Å². The zero-order valence-electron chi connectivity index (χ0n) is 13.1. The maximum atomic E-state index is 11.6. The van der Waals surface area contributed by atoms with E-state index >= 15 is 0 Å². The summed E-state index contributed by atoms with van der Waals surface area (Å²) in [6, 6.07) is 5.85. The number of rotatable bonds is 3. The molecule has 10 radical (unpaired) electrons. The van der Waals surface area contributed by atoms with E-state index in [0.29, 0.717) is 11.7 Å². The first-order valence-corrected chi connectivity index (χ1v) is 8.59. The molecule has 8 heteroatoms. The van der Waals surface area contributed by atoms with Gasteiger partial charge in [0.05, 0.1) is 10.9 Å². The Labute approximate surface area is 160 Å². The first kappa shape index (κ1) is 22.0. The minimum Gasteiger partial charge on any atom is -0.329 e. The number of primary sulfonamides is 1. The molecule has 25 heavy (non-hydrogen) atoms. The van der Waals surface area contributed by atoms with Crippen molar-refractivity contribution in [3.8, 4) is 0 Å². The molecule has 0 atom stereocenters. The molecule has 4 N–H and O–H groups in total. The van der Waals surface area contributed by atoms with E-state index in [-0.39, 0.29) is 22.0 Å². The van der Waals surface area contributed by atoms with Crippen LogP contribution in [0.5, 0.6) is 0 Å². The van der Waals surface area contributed by atoms with Crippen LogP contribution < -0.4 is 15.8 Å². The Bertz CT molecular complexity index is 617. The first-order valence-electron chi connectivity index (χ1n) is 7.04. The van der Waals surface area contributed by atoms with Gasteiger partial charge in [-0.3, -0.25) is 0 Å². The molecule has 1 aromatic carbocycles. The second-order valence-corrected chi connectivity index (χ2v) is 6.35. The maximum Gasteiger partial charge on any atom is 2.00 e. The van der Waals surface area contributed by atoms with Crippen LogP contribution in [-0.4, -0.2) is 14.4 Å². The fourth-order valence-corrected chi connectivity index (χ4v) is 2.31. The molecule has 0 spiro atoms. The van der Waals surface area contributed by atoms with Crippen molar-refractivity contribution >= 4 is 21.7 Å². The SMILES string of the molecule is NS(=O)(=O)c1ccc(NC(=O)N[C]2[CH][CH][CH][CH]2)cc1.[CH]1[CH][CH][CH][CH]1.[Fe+2]. The molecule has 2 fully saturated rings. The molecule has 0 aliphatic heterocycles. The van der Waals surface area contributed by atoms with Crippen LogP contribution in [0.1, 0.15) is 0 Å². The van der Waals surface area contributed by atoms with Crippen LogP contribution in [0.3, 0.4) is 0 Å². The van der Waals surface area contributed by atoms with Crippen molar-refractivity contribution in [1.82, 2.24) is 5.32 Å². The smallest absolute Gasteiger partial charge is 0.329 e. The Morgan fingerprint density at radius 2 is 1.28 bits per heavy atom. The Hall–Kier alpha value is -1.08. The maximum absolute atomic E-state index is 11.6. The first-order chi connectivity index (χ1) is 11.4. The van der Waals surface area contributed by atoms with Crippen molar-refractivity contribution < 1.29 is 30.3 Å². The Balaban J connectivity index is 0.000000448. The van der Waals surface area contributed by atoms with Gasteiger partial charge in [0.15, 0.2) is 0 Å². The molecule has 130 valence electrons. The number of nitrogens with one attached hydrogen (secondary N) is 2. The summed E-state index contributed by atoms with van der Waals surface area (Å²) in [5.41, 5.74) is 0.469. The number of anilines is 1. The third-order valence-electron chi connectivity index (χ3n) is 2.92. The van der Waals surface area contributed by atoms with Crippen LogP contribution in [-0.2, 0) is 27.1 Å². The largest absolute Gasteiger partial charge is 2.00 e.